The summed E-state index contributed by atoms with van der Waals surface area (Å²) in [5.41, 5.74) is 1.11. The second-order valence-electron chi connectivity index (χ2n) is 3.34. The van der Waals surface area contributed by atoms with Crippen LogP contribution in [-0.4, -0.2) is 22.1 Å². The fourth-order valence-electron chi connectivity index (χ4n) is 1.11. The SMILES string of the molecule is CCC(Cl)CCNc1cc(C)cnn1. The fraction of sp³-hybridized carbons (Fsp3) is 0.600. The highest BCUT2D eigenvalue weighted by atomic mass is 35.5. The van der Waals surface area contributed by atoms with Gasteiger partial charge in [0.15, 0.2) is 0 Å². The molecule has 0 aliphatic carbocycles. The van der Waals surface area contributed by atoms with Crippen LogP contribution in [0.5, 0.6) is 0 Å². The molecule has 78 valence electrons. The molecule has 0 fully saturated rings. The van der Waals surface area contributed by atoms with Crippen molar-refractivity contribution in [3.63, 3.8) is 0 Å². The summed E-state index contributed by atoms with van der Waals surface area (Å²) >= 11 is 5.99. The molecule has 0 aliphatic rings. The number of hydrogen-bond donors (Lipinski definition) is 1. The Bertz CT molecular complexity index is 278. The van der Waals surface area contributed by atoms with Crippen molar-refractivity contribution in [3.05, 3.63) is 17.8 Å². The Morgan fingerprint density at radius 1 is 1.57 bits per heavy atom. The first-order valence-electron chi connectivity index (χ1n) is 4.89. The molecule has 1 aromatic rings. The van der Waals surface area contributed by atoms with Gasteiger partial charge in [-0.1, -0.05) is 6.92 Å². The highest BCUT2D eigenvalue weighted by molar-refractivity contribution is 6.20. The third-order valence-corrected chi connectivity index (χ3v) is 2.52. The summed E-state index contributed by atoms with van der Waals surface area (Å²) in [5.74, 6) is 0.824. The summed E-state index contributed by atoms with van der Waals surface area (Å²) < 4.78 is 0. The van der Waals surface area contributed by atoms with E-state index >= 15 is 0 Å². The number of aryl methyl sites for hydroxylation is 1. The summed E-state index contributed by atoms with van der Waals surface area (Å²) in [5, 5.41) is 11.3. The van der Waals surface area contributed by atoms with Gasteiger partial charge in [-0.15, -0.1) is 16.7 Å². The molecule has 0 aromatic carbocycles. The molecule has 0 bridgehead atoms. The van der Waals surface area contributed by atoms with Crippen molar-refractivity contribution in [2.75, 3.05) is 11.9 Å². The fourth-order valence-corrected chi connectivity index (χ4v) is 1.22. The molecule has 0 saturated carbocycles. The normalized spacial score (nSPS) is 12.5. The second-order valence-corrected chi connectivity index (χ2v) is 3.96. The van der Waals surface area contributed by atoms with Crippen LogP contribution in [0.3, 0.4) is 0 Å². The molecular weight excluding hydrogens is 198 g/mol. The minimum atomic E-state index is 0.250. The van der Waals surface area contributed by atoms with Crippen molar-refractivity contribution < 1.29 is 0 Å². The maximum Gasteiger partial charge on any atom is 0.148 e. The topological polar surface area (TPSA) is 37.8 Å². The smallest absolute Gasteiger partial charge is 0.148 e. The molecule has 0 aliphatic heterocycles. The molecule has 3 nitrogen and oxygen atoms in total. The van der Waals surface area contributed by atoms with Gasteiger partial charge in [0.1, 0.15) is 5.82 Å². The molecule has 4 heteroatoms. The molecule has 1 N–H and O–H groups in total. The van der Waals surface area contributed by atoms with Gasteiger partial charge >= 0.3 is 0 Å². The molecular formula is C10H16ClN3. The van der Waals surface area contributed by atoms with Crippen molar-refractivity contribution in [2.45, 2.75) is 32.1 Å². The summed E-state index contributed by atoms with van der Waals surface area (Å²) in [6, 6.07) is 1.97. The molecule has 0 spiro atoms. The van der Waals surface area contributed by atoms with Gasteiger partial charge in [0.2, 0.25) is 0 Å². The lowest BCUT2D eigenvalue weighted by atomic mass is 10.2. The monoisotopic (exact) mass is 213 g/mol. The zero-order valence-electron chi connectivity index (χ0n) is 8.63. The van der Waals surface area contributed by atoms with E-state index in [0.717, 1.165) is 30.8 Å². The first kappa shape index (κ1) is 11.2. The lowest BCUT2D eigenvalue weighted by Gasteiger charge is -2.07. The van der Waals surface area contributed by atoms with Gasteiger partial charge in [-0.2, -0.15) is 5.10 Å². The lowest BCUT2D eigenvalue weighted by molar-refractivity contribution is 0.750. The summed E-state index contributed by atoms with van der Waals surface area (Å²) in [6.45, 7) is 4.93. The largest absolute Gasteiger partial charge is 0.369 e. The van der Waals surface area contributed by atoms with Crippen LogP contribution in [0.4, 0.5) is 5.82 Å². The number of nitrogens with one attached hydrogen (secondary N) is 1. The van der Waals surface area contributed by atoms with Gasteiger partial charge in [-0.25, -0.2) is 0 Å². The van der Waals surface area contributed by atoms with E-state index in [2.05, 4.69) is 22.4 Å². The van der Waals surface area contributed by atoms with Gasteiger partial charge in [0, 0.05) is 11.9 Å². The van der Waals surface area contributed by atoms with Crippen molar-refractivity contribution in [1.29, 1.82) is 0 Å². The zero-order chi connectivity index (χ0) is 10.4. The summed E-state index contributed by atoms with van der Waals surface area (Å²) in [6.07, 6.45) is 3.69. The maximum atomic E-state index is 5.99. The average Bonchev–Trinajstić information content (AvgIpc) is 2.17. The predicted molar refractivity (Wildman–Crippen MR) is 59.8 cm³/mol. The van der Waals surface area contributed by atoms with Crippen LogP contribution in [0.1, 0.15) is 25.3 Å². The maximum absolute atomic E-state index is 5.99. The summed E-state index contributed by atoms with van der Waals surface area (Å²) in [4.78, 5) is 0. The highest BCUT2D eigenvalue weighted by Crippen LogP contribution is 2.08. The van der Waals surface area contributed by atoms with Crippen LogP contribution in [-0.2, 0) is 0 Å². The van der Waals surface area contributed by atoms with E-state index in [4.69, 9.17) is 11.6 Å². The number of anilines is 1. The second kappa shape index (κ2) is 5.81. The van der Waals surface area contributed by atoms with Crippen LogP contribution in [0.25, 0.3) is 0 Å². The van der Waals surface area contributed by atoms with E-state index in [9.17, 15) is 0 Å². The first-order chi connectivity index (χ1) is 6.72. The van der Waals surface area contributed by atoms with Gasteiger partial charge in [-0.05, 0) is 31.4 Å². The molecule has 1 aromatic heterocycles. The molecule has 1 rings (SSSR count). The Labute approximate surface area is 89.9 Å². The Morgan fingerprint density at radius 2 is 2.36 bits per heavy atom. The number of alkyl halides is 1. The zero-order valence-corrected chi connectivity index (χ0v) is 9.38. The van der Waals surface area contributed by atoms with E-state index in [-0.39, 0.29) is 5.38 Å². The number of hydrogen-bond acceptors (Lipinski definition) is 3. The van der Waals surface area contributed by atoms with Gasteiger partial charge in [-0.3, -0.25) is 0 Å². The molecule has 14 heavy (non-hydrogen) atoms. The van der Waals surface area contributed by atoms with Crippen LogP contribution in [0.2, 0.25) is 0 Å². The minimum absolute atomic E-state index is 0.250. The number of halogens is 1. The van der Waals surface area contributed by atoms with Crippen molar-refractivity contribution in [3.8, 4) is 0 Å². The van der Waals surface area contributed by atoms with E-state index < -0.39 is 0 Å². The Hall–Kier alpha value is -0.830. The molecule has 0 amide bonds. The van der Waals surface area contributed by atoms with Gasteiger partial charge in [0.05, 0.1) is 6.20 Å². The van der Waals surface area contributed by atoms with Gasteiger partial charge < -0.3 is 5.32 Å². The quantitative estimate of drug-likeness (QED) is 0.765. The van der Waals surface area contributed by atoms with Crippen molar-refractivity contribution in [1.82, 2.24) is 10.2 Å². The van der Waals surface area contributed by atoms with Crippen molar-refractivity contribution >= 4 is 17.4 Å². The van der Waals surface area contributed by atoms with E-state index in [1.807, 2.05) is 13.0 Å². The minimum Gasteiger partial charge on any atom is -0.369 e. The third-order valence-electron chi connectivity index (χ3n) is 2.00. The van der Waals surface area contributed by atoms with Crippen LogP contribution >= 0.6 is 11.6 Å². The number of aromatic nitrogens is 2. The summed E-state index contributed by atoms with van der Waals surface area (Å²) in [7, 11) is 0. The molecule has 1 unspecified atom stereocenters. The third kappa shape index (κ3) is 3.92. The highest BCUT2D eigenvalue weighted by Gasteiger charge is 2.00. The molecule has 1 heterocycles. The van der Waals surface area contributed by atoms with Crippen LogP contribution in [0.15, 0.2) is 12.3 Å². The van der Waals surface area contributed by atoms with Crippen molar-refractivity contribution in [2.24, 2.45) is 0 Å². The number of rotatable bonds is 5. The number of nitrogens with zero attached hydrogens (tertiary/aromatic N) is 2. The lowest BCUT2D eigenvalue weighted by Crippen LogP contribution is -2.09. The van der Waals surface area contributed by atoms with E-state index in [1.165, 1.54) is 0 Å². The standard InChI is InChI=1S/C10H16ClN3/c1-3-9(11)4-5-12-10-6-8(2)7-13-14-10/h6-7,9H,3-5H2,1-2H3,(H,12,14). The first-order valence-corrected chi connectivity index (χ1v) is 5.33. The Kier molecular flexibility index (Phi) is 4.66. The molecule has 0 radical (unpaired) electrons. The Morgan fingerprint density at radius 3 is 3.00 bits per heavy atom. The van der Waals surface area contributed by atoms with Crippen LogP contribution < -0.4 is 5.32 Å². The average molecular weight is 214 g/mol. The Balaban J connectivity index is 2.31. The molecule has 1 atom stereocenters. The molecule has 0 saturated heterocycles. The van der Waals surface area contributed by atoms with Gasteiger partial charge in [0.25, 0.3) is 0 Å². The predicted octanol–water partition coefficient (Wildman–Crippen LogP) is 2.60. The van der Waals surface area contributed by atoms with Crippen LogP contribution in [0, 0.1) is 6.92 Å². The van der Waals surface area contributed by atoms with E-state index in [1.54, 1.807) is 6.20 Å². The van der Waals surface area contributed by atoms with E-state index in [0.29, 0.717) is 0 Å².